The van der Waals surface area contributed by atoms with Crippen LogP contribution in [0.3, 0.4) is 0 Å². The number of hydrogen-bond acceptors (Lipinski definition) is 4. The molecule has 0 saturated carbocycles. The molecule has 0 bridgehead atoms. The molecule has 0 aromatic carbocycles. The molecule has 1 aliphatic heterocycles. The van der Waals surface area contributed by atoms with Crippen molar-refractivity contribution >= 4 is 0 Å². The molecule has 5 nitrogen and oxygen atoms in total. The van der Waals surface area contributed by atoms with Crippen LogP contribution in [0.25, 0.3) is 0 Å². The summed E-state index contributed by atoms with van der Waals surface area (Å²) in [4.78, 5) is 5.22. The monoisotopic (exact) mass is 265 g/mol. The highest BCUT2D eigenvalue weighted by Gasteiger charge is 2.26. The first-order valence-electron chi connectivity index (χ1n) is 7.44. The Bertz CT molecular complexity index is 387. The third-order valence-corrected chi connectivity index (χ3v) is 4.21. The molecule has 1 saturated heterocycles. The standard InChI is InChI=1S/C14H27N5/c1-5-14-10-17(7-9-19(14)12(2)3)6-8-18-11-15-16-13(18)4/h11-12,14H,5-10H2,1-4H3. The van der Waals surface area contributed by atoms with Crippen molar-refractivity contribution in [2.24, 2.45) is 0 Å². The Morgan fingerprint density at radius 3 is 2.68 bits per heavy atom. The molecule has 0 spiro atoms. The molecular weight excluding hydrogens is 238 g/mol. The summed E-state index contributed by atoms with van der Waals surface area (Å²) in [7, 11) is 0. The summed E-state index contributed by atoms with van der Waals surface area (Å²) in [6, 6.07) is 1.36. The highest BCUT2D eigenvalue weighted by Crippen LogP contribution is 2.15. The summed E-state index contributed by atoms with van der Waals surface area (Å²) >= 11 is 0. The Kier molecular flexibility index (Phi) is 4.93. The third kappa shape index (κ3) is 3.54. The molecule has 1 aromatic heterocycles. The van der Waals surface area contributed by atoms with Gasteiger partial charge in [0.1, 0.15) is 12.2 Å². The van der Waals surface area contributed by atoms with E-state index >= 15 is 0 Å². The third-order valence-electron chi connectivity index (χ3n) is 4.21. The second-order valence-electron chi connectivity index (χ2n) is 5.77. The molecule has 0 N–H and O–H groups in total. The minimum Gasteiger partial charge on any atom is -0.317 e. The fourth-order valence-electron chi connectivity index (χ4n) is 2.96. The molecule has 2 heterocycles. The molecule has 0 amide bonds. The SMILES string of the molecule is CCC1CN(CCn2cnnc2C)CCN1C(C)C. The van der Waals surface area contributed by atoms with Crippen LogP contribution in [0.15, 0.2) is 6.33 Å². The molecule has 0 aliphatic carbocycles. The summed E-state index contributed by atoms with van der Waals surface area (Å²) in [5, 5.41) is 7.97. The van der Waals surface area contributed by atoms with Gasteiger partial charge in [-0.05, 0) is 27.2 Å². The number of piperazine rings is 1. The lowest BCUT2D eigenvalue weighted by molar-refractivity contribution is 0.0477. The average Bonchev–Trinajstić information content (AvgIpc) is 2.81. The van der Waals surface area contributed by atoms with Crippen molar-refractivity contribution in [2.75, 3.05) is 26.2 Å². The van der Waals surface area contributed by atoms with Crippen LogP contribution in [-0.2, 0) is 6.54 Å². The zero-order valence-electron chi connectivity index (χ0n) is 12.7. The van der Waals surface area contributed by atoms with Gasteiger partial charge in [0.25, 0.3) is 0 Å². The Balaban J connectivity index is 1.85. The molecular formula is C14H27N5. The van der Waals surface area contributed by atoms with Gasteiger partial charge in [0, 0.05) is 44.8 Å². The van der Waals surface area contributed by atoms with E-state index in [1.807, 2.05) is 13.3 Å². The van der Waals surface area contributed by atoms with Crippen molar-refractivity contribution in [1.29, 1.82) is 0 Å². The van der Waals surface area contributed by atoms with Crippen molar-refractivity contribution in [1.82, 2.24) is 24.6 Å². The Morgan fingerprint density at radius 1 is 1.32 bits per heavy atom. The lowest BCUT2D eigenvalue weighted by Crippen LogP contribution is -2.55. The molecule has 1 unspecified atom stereocenters. The fraction of sp³-hybridized carbons (Fsp3) is 0.857. The van der Waals surface area contributed by atoms with Gasteiger partial charge < -0.3 is 4.57 Å². The van der Waals surface area contributed by atoms with Gasteiger partial charge in [0.2, 0.25) is 0 Å². The second kappa shape index (κ2) is 6.48. The lowest BCUT2D eigenvalue weighted by Gasteiger charge is -2.43. The van der Waals surface area contributed by atoms with Gasteiger partial charge in [0.15, 0.2) is 0 Å². The van der Waals surface area contributed by atoms with E-state index in [-0.39, 0.29) is 0 Å². The minimum atomic E-state index is 0.659. The quantitative estimate of drug-likeness (QED) is 0.806. The van der Waals surface area contributed by atoms with E-state index in [4.69, 9.17) is 0 Å². The zero-order valence-corrected chi connectivity index (χ0v) is 12.7. The van der Waals surface area contributed by atoms with Crippen LogP contribution in [-0.4, -0.2) is 62.8 Å². The summed E-state index contributed by atoms with van der Waals surface area (Å²) in [5.41, 5.74) is 0. The van der Waals surface area contributed by atoms with E-state index in [0.29, 0.717) is 12.1 Å². The number of hydrogen-bond donors (Lipinski definition) is 0. The van der Waals surface area contributed by atoms with Crippen molar-refractivity contribution in [2.45, 2.75) is 52.7 Å². The number of aromatic nitrogens is 3. The van der Waals surface area contributed by atoms with E-state index in [9.17, 15) is 0 Å². The van der Waals surface area contributed by atoms with E-state index < -0.39 is 0 Å². The van der Waals surface area contributed by atoms with Crippen molar-refractivity contribution in [3.63, 3.8) is 0 Å². The molecule has 1 atom stereocenters. The minimum absolute atomic E-state index is 0.659. The topological polar surface area (TPSA) is 37.2 Å². The van der Waals surface area contributed by atoms with Gasteiger partial charge in [-0.15, -0.1) is 10.2 Å². The van der Waals surface area contributed by atoms with Crippen LogP contribution < -0.4 is 0 Å². The highest BCUT2D eigenvalue weighted by molar-refractivity contribution is 4.85. The maximum absolute atomic E-state index is 4.03. The molecule has 1 aliphatic rings. The molecule has 19 heavy (non-hydrogen) atoms. The van der Waals surface area contributed by atoms with Crippen LogP contribution >= 0.6 is 0 Å². The van der Waals surface area contributed by atoms with E-state index in [1.54, 1.807) is 0 Å². The van der Waals surface area contributed by atoms with Gasteiger partial charge in [-0.3, -0.25) is 9.80 Å². The Labute approximate surface area is 116 Å². The number of nitrogens with zero attached hydrogens (tertiary/aromatic N) is 5. The molecule has 1 fully saturated rings. The van der Waals surface area contributed by atoms with E-state index in [1.165, 1.54) is 26.1 Å². The smallest absolute Gasteiger partial charge is 0.129 e. The maximum Gasteiger partial charge on any atom is 0.129 e. The van der Waals surface area contributed by atoms with Gasteiger partial charge in [0.05, 0.1) is 0 Å². The zero-order chi connectivity index (χ0) is 13.8. The molecule has 5 heteroatoms. The Morgan fingerprint density at radius 2 is 2.11 bits per heavy atom. The van der Waals surface area contributed by atoms with E-state index in [0.717, 1.165) is 18.9 Å². The fourth-order valence-corrected chi connectivity index (χ4v) is 2.96. The number of aryl methyl sites for hydroxylation is 1. The summed E-state index contributed by atoms with van der Waals surface area (Å²) < 4.78 is 2.13. The van der Waals surface area contributed by atoms with Crippen LogP contribution in [0.2, 0.25) is 0 Å². The van der Waals surface area contributed by atoms with Crippen LogP contribution in [0.5, 0.6) is 0 Å². The normalized spacial score (nSPS) is 22.3. The first-order valence-corrected chi connectivity index (χ1v) is 7.44. The number of rotatable bonds is 5. The first-order chi connectivity index (χ1) is 9.11. The van der Waals surface area contributed by atoms with Crippen LogP contribution in [0.4, 0.5) is 0 Å². The van der Waals surface area contributed by atoms with Crippen molar-refractivity contribution in [3.8, 4) is 0 Å². The largest absolute Gasteiger partial charge is 0.317 e. The predicted octanol–water partition coefficient (Wildman–Crippen LogP) is 1.39. The average molecular weight is 265 g/mol. The van der Waals surface area contributed by atoms with Gasteiger partial charge in [-0.1, -0.05) is 6.92 Å². The van der Waals surface area contributed by atoms with Crippen LogP contribution in [0.1, 0.15) is 33.0 Å². The molecule has 1 aromatic rings. The molecule has 0 radical (unpaired) electrons. The van der Waals surface area contributed by atoms with Gasteiger partial charge in [-0.25, -0.2) is 0 Å². The lowest BCUT2D eigenvalue weighted by atomic mass is 10.1. The van der Waals surface area contributed by atoms with Gasteiger partial charge >= 0.3 is 0 Å². The summed E-state index contributed by atoms with van der Waals surface area (Å²) in [5.74, 6) is 1.01. The van der Waals surface area contributed by atoms with Crippen molar-refractivity contribution in [3.05, 3.63) is 12.2 Å². The maximum atomic E-state index is 4.03. The molecule has 2 rings (SSSR count). The van der Waals surface area contributed by atoms with Gasteiger partial charge in [-0.2, -0.15) is 0 Å². The van der Waals surface area contributed by atoms with Crippen molar-refractivity contribution < 1.29 is 0 Å². The summed E-state index contributed by atoms with van der Waals surface area (Å²) in [6.45, 7) is 14.6. The second-order valence-corrected chi connectivity index (χ2v) is 5.77. The predicted molar refractivity (Wildman–Crippen MR) is 77.1 cm³/mol. The van der Waals surface area contributed by atoms with Crippen LogP contribution in [0, 0.1) is 6.92 Å². The first kappa shape index (κ1) is 14.5. The molecule has 108 valence electrons. The van der Waals surface area contributed by atoms with E-state index in [2.05, 4.69) is 45.3 Å². The highest BCUT2D eigenvalue weighted by atomic mass is 15.3. The Hall–Kier alpha value is -0.940. The summed E-state index contributed by atoms with van der Waals surface area (Å²) in [6.07, 6.45) is 3.07.